The zero-order valence-corrected chi connectivity index (χ0v) is 18.8. The highest BCUT2D eigenvalue weighted by atomic mass is 16.4. The number of amides is 3. The van der Waals surface area contributed by atoms with E-state index in [1.807, 2.05) is 24.3 Å². The number of aliphatic carboxylic acids is 1. The van der Waals surface area contributed by atoms with Crippen LogP contribution in [0.25, 0.3) is 10.9 Å². The largest absolute Gasteiger partial charge is 0.480 e. The van der Waals surface area contributed by atoms with Gasteiger partial charge in [-0.25, -0.2) is 4.79 Å². The highest BCUT2D eigenvalue weighted by Gasteiger charge is 2.39. The summed E-state index contributed by atoms with van der Waals surface area (Å²) in [5, 5.41) is 15.6. The van der Waals surface area contributed by atoms with Crippen LogP contribution in [-0.2, 0) is 25.6 Å². The van der Waals surface area contributed by atoms with Crippen molar-refractivity contribution in [2.24, 2.45) is 11.7 Å². The van der Waals surface area contributed by atoms with Crippen LogP contribution in [0.1, 0.15) is 32.3 Å². The summed E-state index contributed by atoms with van der Waals surface area (Å²) in [6.45, 7) is 3.49. The molecule has 1 aliphatic rings. The van der Waals surface area contributed by atoms with Gasteiger partial charge in [-0.2, -0.15) is 0 Å². The molecule has 3 rings (SSSR count). The Morgan fingerprint density at radius 2 is 1.94 bits per heavy atom. The Hall–Kier alpha value is -3.40. The van der Waals surface area contributed by atoms with Crippen molar-refractivity contribution in [2.45, 2.75) is 51.2 Å². The molecule has 0 saturated carbocycles. The molecule has 2 aromatic rings. The van der Waals surface area contributed by atoms with E-state index in [-0.39, 0.29) is 18.9 Å². The van der Waals surface area contributed by atoms with E-state index < -0.39 is 41.8 Å². The average molecular weight is 458 g/mol. The fourth-order valence-electron chi connectivity index (χ4n) is 4.24. The minimum Gasteiger partial charge on any atom is -0.480 e. The van der Waals surface area contributed by atoms with Gasteiger partial charge in [0.15, 0.2) is 0 Å². The Bertz CT molecular complexity index is 1030. The molecule has 0 spiro atoms. The summed E-state index contributed by atoms with van der Waals surface area (Å²) < 4.78 is 0. The van der Waals surface area contributed by atoms with Gasteiger partial charge in [-0.15, -0.1) is 0 Å². The van der Waals surface area contributed by atoms with Gasteiger partial charge in [0.2, 0.25) is 17.7 Å². The molecular weight excluding hydrogens is 426 g/mol. The Balaban J connectivity index is 1.81. The Morgan fingerprint density at radius 3 is 2.61 bits per heavy atom. The molecule has 178 valence electrons. The van der Waals surface area contributed by atoms with Crippen LogP contribution < -0.4 is 16.4 Å². The number of nitrogens with zero attached hydrogens (tertiary/aromatic N) is 1. The first kappa shape index (κ1) is 24.2. The minimum absolute atomic E-state index is 0.225. The van der Waals surface area contributed by atoms with Gasteiger partial charge in [0.1, 0.15) is 18.1 Å². The molecular formula is C23H31N5O5. The number of rotatable bonds is 9. The molecule has 3 atom stereocenters. The molecule has 0 aliphatic carbocycles. The summed E-state index contributed by atoms with van der Waals surface area (Å²) in [6.07, 6.45) is 3.05. The van der Waals surface area contributed by atoms with E-state index in [4.69, 9.17) is 5.73 Å². The van der Waals surface area contributed by atoms with E-state index in [0.29, 0.717) is 19.4 Å². The number of likely N-dealkylation sites (tertiary alicyclic amines) is 1. The predicted molar refractivity (Wildman–Crippen MR) is 122 cm³/mol. The molecule has 1 aliphatic heterocycles. The van der Waals surface area contributed by atoms with Gasteiger partial charge in [0.25, 0.3) is 0 Å². The molecule has 6 N–H and O–H groups in total. The first-order valence-corrected chi connectivity index (χ1v) is 11.1. The van der Waals surface area contributed by atoms with E-state index >= 15 is 0 Å². The number of benzene rings is 1. The smallest absolute Gasteiger partial charge is 0.326 e. The SMILES string of the molecule is CC(C)C(NC(=O)C1CCCN1C(=O)C(Cc1c[nH]c2ccccc12)NC(=O)CN)C(=O)O. The van der Waals surface area contributed by atoms with Crippen LogP contribution in [0, 0.1) is 5.92 Å². The van der Waals surface area contributed by atoms with Crippen LogP contribution in [-0.4, -0.2) is 69.9 Å². The quantitative estimate of drug-likeness (QED) is 0.366. The Kier molecular flexibility index (Phi) is 7.70. The van der Waals surface area contributed by atoms with Crippen molar-refractivity contribution in [3.8, 4) is 0 Å². The highest BCUT2D eigenvalue weighted by Crippen LogP contribution is 2.23. The standard InChI is InChI=1S/C23H31N5O5/c1-13(2)20(23(32)33)27-21(30)18-8-5-9-28(18)22(31)17(26-19(29)11-24)10-14-12-25-16-7-4-3-6-15(14)16/h3-4,6-7,12-13,17-18,20,25H,5,8-11,24H2,1-2H3,(H,26,29)(H,27,30)(H,32,33). The van der Waals surface area contributed by atoms with Crippen LogP contribution in [0.5, 0.6) is 0 Å². The maximum Gasteiger partial charge on any atom is 0.326 e. The van der Waals surface area contributed by atoms with Gasteiger partial charge >= 0.3 is 5.97 Å². The fourth-order valence-corrected chi connectivity index (χ4v) is 4.24. The molecule has 1 aromatic heterocycles. The first-order valence-electron chi connectivity index (χ1n) is 11.1. The summed E-state index contributed by atoms with van der Waals surface area (Å²) in [5.41, 5.74) is 7.23. The lowest BCUT2D eigenvalue weighted by molar-refractivity contribution is -0.145. The Labute approximate surface area is 191 Å². The van der Waals surface area contributed by atoms with Crippen molar-refractivity contribution in [2.75, 3.05) is 13.1 Å². The van der Waals surface area contributed by atoms with Crippen molar-refractivity contribution in [1.82, 2.24) is 20.5 Å². The number of para-hydroxylation sites is 1. The topological polar surface area (TPSA) is 158 Å². The van der Waals surface area contributed by atoms with E-state index in [1.165, 1.54) is 4.90 Å². The zero-order valence-electron chi connectivity index (χ0n) is 18.8. The maximum absolute atomic E-state index is 13.5. The third-order valence-corrected chi connectivity index (χ3v) is 5.99. The maximum atomic E-state index is 13.5. The molecule has 1 saturated heterocycles. The van der Waals surface area contributed by atoms with Gasteiger partial charge in [-0.1, -0.05) is 32.0 Å². The number of H-pyrrole nitrogens is 1. The lowest BCUT2D eigenvalue weighted by atomic mass is 10.0. The number of aromatic nitrogens is 1. The van der Waals surface area contributed by atoms with Crippen molar-refractivity contribution >= 4 is 34.6 Å². The molecule has 10 heteroatoms. The van der Waals surface area contributed by atoms with E-state index in [2.05, 4.69) is 15.6 Å². The van der Waals surface area contributed by atoms with Crippen molar-refractivity contribution in [3.05, 3.63) is 36.0 Å². The molecule has 0 bridgehead atoms. The lowest BCUT2D eigenvalue weighted by Gasteiger charge is -2.30. The number of carbonyl (C=O) groups is 4. The number of nitrogens with one attached hydrogen (secondary N) is 3. The highest BCUT2D eigenvalue weighted by molar-refractivity contribution is 5.94. The van der Waals surface area contributed by atoms with Crippen LogP contribution in [0.15, 0.2) is 30.5 Å². The number of carbonyl (C=O) groups excluding carboxylic acids is 3. The molecule has 0 radical (unpaired) electrons. The van der Waals surface area contributed by atoms with E-state index in [1.54, 1.807) is 20.0 Å². The van der Waals surface area contributed by atoms with Gasteiger partial charge in [-0.3, -0.25) is 14.4 Å². The summed E-state index contributed by atoms with van der Waals surface area (Å²) in [7, 11) is 0. The van der Waals surface area contributed by atoms with E-state index in [0.717, 1.165) is 16.5 Å². The molecule has 3 unspecified atom stereocenters. The molecule has 3 amide bonds. The summed E-state index contributed by atoms with van der Waals surface area (Å²) in [4.78, 5) is 54.6. The molecule has 1 fully saturated rings. The van der Waals surface area contributed by atoms with E-state index in [9.17, 15) is 24.3 Å². The zero-order chi connectivity index (χ0) is 24.1. The van der Waals surface area contributed by atoms with Crippen molar-refractivity contribution in [1.29, 1.82) is 0 Å². The monoisotopic (exact) mass is 457 g/mol. The third-order valence-electron chi connectivity index (χ3n) is 5.99. The first-order chi connectivity index (χ1) is 15.7. The number of hydrogen-bond donors (Lipinski definition) is 5. The van der Waals surface area contributed by atoms with Crippen LogP contribution in [0.4, 0.5) is 0 Å². The number of carboxylic acids is 1. The second-order valence-electron chi connectivity index (χ2n) is 8.65. The van der Waals surface area contributed by atoms with Gasteiger partial charge in [0, 0.05) is 30.1 Å². The van der Waals surface area contributed by atoms with Crippen molar-refractivity contribution < 1.29 is 24.3 Å². The van der Waals surface area contributed by atoms with Crippen LogP contribution >= 0.6 is 0 Å². The van der Waals surface area contributed by atoms with Gasteiger partial charge in [0.05, 0.1) is 6.54 Å². The second kappa shape index (κ2) is 10.5. The number of aromatic amines is 1. The number of fused-ring (bicyclic) bond motifs is 1. The predicted octanol–water partition coefficient (Wildman–Crippen LogP) is 0.370. The number of nitrogens with two attached hydrogens (primary N) is 1. The third kappa shape index (κ3) is 5.51. The van der Waals surface area contributed by atoms with Crippen molar-refractivity contribution in [3.63, 3.8) is 0 Å². The normalized spacial score (nSPS) is 17.7. The van der Waals surface area contributed by atoms with Gasteiger partial charge < -0.3 is 31.4 Å². The minimum atomic E-state index is -1.12. The Morgan fingerprint density at radius 1 is 1.21 bits per heavy atom. The lowest BCUT2D eigenvalue weighted by Crippen LogP contribution is -2.56. The fraction of sp³-hybridized carbons (Fsp3) is 0.478. The number of carboxylic acid groups (broad SMARTS) is 1. The number of hydrogen-bond acceptors (Lipinski definition) is 5. The molecule has 2 heterocycles. The summed E-state index contributed by atoms with van der Waals surface area (Å²) in [5.74, 6) is -2.80. The van der Waals surface area contributed by atoms with Crippen LogP contribution in [0.2, 0.25) is 0 Å². The summed E-state index contributed by atoms with van der Waals surface area (Å²) in [6, 6.07) is 4.89. The van der Waals surface area contributed by atoms with Crippen LogP contribution in [0.3, 0.4) is 0 Å². The summed E-state index contributed by atoms with van der Waals surface area (Å²) >= 11 is 0. The van der Waals surface area contributed by atoms with Gasteiger partial charge in [-0.05, 0) is 30.4 Å². The molecule has 33 heavy (non-hydrogen) atoms. The second-order valence-corrected chi connectivity index (χ2v) is 8.65. The molecule has 10 nitrogen and oxygen atoms in total. The molecule has 1 aromatic carbocycles. The average Bonchev–Trinajstić information content (AvgIpc) is 3.43.